The van der Waals surface area contributed by atoms with Gasteiger partial charge in [-0.05, 0) is 0 Å². The fourth-order valence-electron chi connectivity index (χ4n) is 1.07. The van der Waals surface area contributed by atoms with Gasteiger partial charge in [-0.2, -0.15) is 4.79 Å². The molecule has 77 valence electrons. The van der Waals surface area contributed by atoms with E-state index in [9.17, 15) is 14.7 Å². The van der Waals surface area contributed by atoms with E-state index in [1.165, 1.54) is 6.08 Å². The molecule has 0 N–H and O–H groups in total. The summed E-state index contributed by atoms with van der Waals surface area (Å²) in [5, 5.41) is 10.8. The Morgan fingerprint density at radius 3 is 2.73 bits per heavy atom. The average Bonchev–Trinajstić information content (AvgIpc) is 2.63. The van der Waals surface area contributed by atoms with Crippen LogP contribution in [0.15, 0.2) is 17.6 Å². The van der Waals surface area contributed by atoms with Crippen molar-refractivity contribution in [2.45, 2.75) is 0 Å². The van der Waals surface area contributed by atoms with Gasteiger partial charge < -0.3 is 14.6 Å². The van der Waals surface area contributed by atoms with Gasteiger partial charge in [0.25, 0.3) is 6.09 Å². The Morgan fingerprint density at radius 1 is 1.67 bits per heavy atom. The number of carbonyl (C=O) groups excluding carboxylic acids is 2. The average molecular weight is 221 g/mol. The van der Waals surface area contributed by atoms with E-state index < -0.39 is 16.7 Å². The van der Waals surface area contributed by atoms with Crippen LogP contribution in [0.2, 0.25) is 0 Å². The van der Waals surface area contributed by atoms with Gasteiger partial charge in [-0.1, -0.05) is 12.7 Å². The second-order valence-electron chi connectivity index (χ2n) is 2.75. The largest absolute Gasteiger partial charge is 0.528 e. The molecule has 0 aromatic rings. The zero-order valence-corrected chi connectivity index (χ0v) is 10.5. The number of ether oxygens (including phenoxy) is 1. The Balaban J connectivity index is 0.00000196. The number of quaternary nitrogens is 1. The molecule has 0 spiro atoms. The maximum absolute atomic E-state index is 11.4. The smallest absolute Gasteiger partial charge is 0.497 e. The fraction of sp³-hybridized carbons (Fsp3) is 0.375. The third-order valence-electron chi connectivity index (χ3n) is 1.84. The van der Waals surface area contributed by atoms with Gasteiger partial charge in [-0.25, -0.2) is 4.99 Å². The van der Waals surface area contributed by atoms with E-state index in [-0.39, 0.29) is 49.3 Å². The van der Waals surface area contributed by atoms with E-state index in [1.807, 2.05) is 0 Å². The zero-order valence-electron chi connectivity index (χ0n) is 8.51. The Labute approximate surface area is 109 Å². The number of hydrogen-bond acceptors (Lipinski definition) is 5. The minimum absolute atomic E-state index is 0. The minimum atomic E-state index is -1.53. The van der Waals surface area contributed by atoms with Crippen LogP contribution < -0.4 is 5.11 Å². The molecule has 15 heavy (non-hydrogen) atoms. The van der Waals surface area contributed by atoms with E-state index in [2.05, 4.69) is 16.3 Å². The van der Waals surface area contributed by atoms with Crippen molar-refractivity contribution in [3.8, 4) is 0 Å². The van der Waals surface area contributed by atoms with Gasteiger partial charge in [0, 0.05) is 29.6 Å². The molecule has 0 fully saturated rings. The Hall–Kier alpha value is -0.690. The van der Waals surface area contributed by atoms with Crippen LogP contribution in [0, 0.1) is 0 Å². The molecule has 0 bridgehead atoms. The molecule has 2 amide bonds. The Morgan fingerprint density at radius 2 is 2.33 bits per heavy atom. The molecule has 1 rings (SSSR count). The summed E-state index contributed by atoms with van der Waals surface area (Å²) >= 11 is 0. The van der Waals surface area contributed by atoms with Crippen LogP contribution >= 0.6 is 0 Å². The van der Waals surface area contributed by atoms with Crippen molar-refractivity contribution >= 4 is 48.1 Å². The molecule has 7 heteroatoms. The first-order valence-corrected chi connectivity index (χ1v) is 4.02. The molecule has 1 aliphatic rings. The molecule has 1 atom stereocenters. The van der Waals surface area contributed by atoms with Crippen molar-refractivity contribution in [2.24, 2.45) is 4.99 Å². The predicted molar refractivity (Wildman–Crippen MR) is 51.2 cm³/mol. The molecular weight excluding hydrogens is 211 g/mol. The zero-order chi connectivity index (χ0) is 10.6. The number of nitrogens with zero attached hydrogens (tertiary/aromatic N) is 2. The Kier molecular flexibility index (Phi) is 5.74. The number of hydrogen-bond donors (Lipinski definition) is 0. The van der Waals surface area contributed by atoms with Crippen LogP contribution in [0.3, 0.4) is 0 Å². The van der Waals surface area contributed by atoms with E-state index in [0.29, 0.717) is 0 Å². The predicted octanol–water partition coefficient (Wildman–Crippen LogP) is -0.870. The van der Waals surface area contributed by atoms with E-state index in [0.717, 1.165) is 6.34 Å². The van der Waals surface area contributed by atoms with Gasteiger partial charge in [-0.3, -0.25) is 0 Å². The van der Waals surface area contributed by atoms with E-state index in [4.69, 9.17) is 0 Å². The summed E-state index contributed by atoms with van der Waals surface area (Å²) in [6.45, 7) is 3.63. The monoisotopic (exact) mass is 221 g/mol. The van der Waals surface area contributed by atoms with Gasteiger partial charge in [0.05, 0.1) is 6.54 Å². The first-order chi connectivity index (χ1) is 6.63. The van der Waals surface area contributed by atoms with Crippen molar-refractivity contribution in [3.63, 3.8) is 0 Å². The standard InChI is InChI=1S/C8H10N2O4.Na/c1-2-5-14-8(13)10(7(11)12)4-3-9-6-10;/h2,6H,1,3-5H2;. The van der Waals surface area contributed by atoms with Crippen LogP contribution in [-0.4, -0.2) is 72.3 Å². The molecule has 1 aliphatic heterocycles. The summed E-state index contributed by atoms with van der Waals surface area (Å²) in [6.07, 6.45) is -0.0380. The second-order valence-corrected chi connectivity index (χ2v) is 2.75. The summed E-state index contributed by atoms with van der Waals surface area (Å²) in [7, 11) is 0. The Bertz CT molecular complexity index is 305. The maximum Gasteiger partial charge on any atom is 0.528 e. The third kappa shape index (κ3) is 2.88. The van der Waals surface area contributed by atoms with Crippen LogP contribution in [-0.2, 0) is 4.74 Å². The number of amides is 2. The first kappa shape index (κ1) is 14.3. The number of rotatable bonds is 2. The van der Waals surface area contributed by atoms with E-state index in [1.54, 1.807) is 0 Å². The van der Waals surface area contributed by atoms with Crippen LogP contribution in [0.25, 0.3) is 0 Å². The van der Waals surface area contributed by atoms with Crippen molar-refractivity contribution in [3.05, 3.63) is 12.7 Å². The van der Waals surface area contributed by atoms with Crippen LogP contribution in [0.4, 0.5) is 9.59 Å². The molecule has 1 radical (unpaired) electrons. The number of aliphatic imine (C=N–C) groups is 1. The quantitative estimate of drug-likeness (QED) is 0.345. The molecule has 0 aliphatic carbocycles. The van der Waals surface area contributed by atoms with Gasteiger partial charge in [0.2, 0.25) is 6.34 Å². The fourth-order valence-corrected chi connectivity index (χ4v) is 1.07. The van der Waals surface area contributed by atoms with Crippen molar-refractivity contribution in [1.29, 1.82) is 0 Å². The van der Waals surface area contributed by atoms with Gasteiger partial charge in [0.15, 0.2) is 0 Å². The van der Waals surface area contributed by atoms with Crippen molar-refractivity contribution in [2.75, 3.05) is 19.7 Å². The van der Waals surface area contributed by atoms with Crippen LogP contribution in [0.5, 0.6) is 0 Å². The summed E-state index contributed by atoms with van der Waals surface area (Å²) in [6, 6.07) is 0. The summed E-state index contributed by atoms with van der Waals surface area (Å²) in [4.78, 5) is 25.8. The normalized spacial score (nSPS) is 22.9. The van der Waals surface area contributed by atoms with Gasteiger partial charge in [-0.15, -0.1) is 4.48 Å². The summed E-state index contributed by atoms with van der Waals surface area (Å²) in [5.74, 6) is 0. The van der Waals surface area contributed by atoms with Crippen LogP contribution in [0.1, 0.15) is 0 Å². The number of imide groups is 1. The van der Waals surface area contributed by atoms with Crippen molar-refractivity contribution in [1.82, 2.24) is 0 Å². The minimum Gasteiger partial charge on any atom is -0.497 e. The molecule has 0 saturated heterocycles. The summed E-state index contributed by atoms with van der Waals surface area (Å²) < 4.78 is 3.65. The van der Waals surface area contributed by atoms with E-state index >= 15 is 0 Å². The SMILES string of the molecule is C=CCOC(=O)[N+]1(C(=O)[O-])C=NCC1.[Na]. The first-order valence-electron chi connectivity index (χ1n) is 4.02. The number of carboxylic acid groups (broad SMARTS) is 1. The second kappa shape index (κ2) is 6.02. The van der Waals surface area contributed by atoms with Gasteiger partial charge in [0.1, 0.15) is 13.2 Å². The molecule has 1 heterocycles. The molecule has 6 nitrogen and oxygen atoms in total. The molecular formula is C8H10N2NaO4. The molecule has 0 aromatic carbocycles. The number of carbonyl (C=O) groups is 2. The molecule has 1 unspecified atom stereocenters. The topological polar surface area (TPSA) is 78.8 Å². The van der Waals surface area contributed by atoms with Gasteiger partial charge >= 0.3 is 6.09 Å². The van der Waals surface area contributed by atoms with Crippen molar-refractivity contribution < 1.29 is 23.9 Å². The molecule has 0 aromatic heterocycles. The third-order valence-corrected chi connectivity index (χ3v) is 1.84. The summed E-state index contributed by atoms with van der Waals surface area (Å²) in [5.41, 5.74) is 0. The maximum atomic E-state index is 11.4. The molecule has 0 saturated carbocycles.